The van der Waals surface area contributed by atoms with E-state index in [-0.39, 0.29) is 5.41 Å². The van der Waals surface area contributed by atoms with E-state index in [0.717, 1.165) is 25.9 Å². The van der Waals surface area contributed by atoms with Crippen LogP contribution in [0.1, 0.15) is 33.6 Å². The highest BCUT2D eigenvalue weighted by molar-refractivity contribution is 4.79. The van der Waals surface area contributed by atoms with E-state index < -0.39 is 12.7 Å². The molecule has 0 heterocycles. The zero-order valence-corrected chi connectivity index (χ0v) is 11.3. The van der Waals surface area contributed by atoms with E-state index in [2.05, 4.69) is 12.2 Å². The van der Waals surface area contributed by atoms with Gasteiger partial charge in [-0.25, -0.2) is 0 Å². The fraction of sp³-hybridized carbons (Fsp3) is 1.00. The summed E-state index contributed by atoms with van der Waals surface area (Å²) in [6.45, 7) is 7.43. The lowest BCUT2D eigenvalue weighted by atomic mass is 9.87. The molecule has 5 heteroatoms. The first-order valence-electron chi connectivity index (χ1n) is 6.18. The van der Waals surface area contributed by atoms with Crippen LogP contribution in [0.15, 0.2) is 0 Å². The van der Waals surface area contributed by atoms with E-state index in [0.29, 0.717) is 6.54 Å². The molecule has 0 radical (unpaired) electrons. The summed E-state index contributed by atoms with van der Waals surface area (Å²) < 4.78 is 36.7. The van der Waals surface area contributed by atoms with Crippen LogP contribution in [0.4, 0.5) is 13.2 Å². The van der Waals surface area contributed by atoms with E-state index in [4.69, 9.17) is 0 Å². The van der Waals surface area contributed by atoms with Gasteiger partial charge in [0.25, 0.3) is 0 Å². The fourth-order valence-corrected chi connectivity index (χ4v) is 1.87. The van der Waals surface area contributed by atoms with Crippen LogP contribution in [0.2, 0.25) is 0 Å². The average molecular weight is 254 g/mol. The Morgan fingerprint density at radius 3 is 2.12 bits per heavy atom. The molecule has 0 aromatic rings. The van der Waals surface area contributed by atoms with Gasteiger partial charge in [0.2, 0.25) is 0 Å². The Kier molecular flexibility index (Phi) is 7.09. The smallest absolute Gasteiger partial charge is 0.316 e. The third-order valence-corrected chi connectivity index (χ3v) is 2.93. The molecular weight excluding hydrogens is 229 g/mol. The summed E-state index contributed by atoms with van der Waals surface area (Å²) in [5.74, 6) is 0. The molecule has 1 atom stereocenters. The second-order valence-electron chi connectivity index (χ2n) is 5.13. The highest BCUT2D eigenvalue weighted by Gasteiger charge is 2.32. The van der Waals surface area contributed by atoms with E-state index in [9.17, 15) is 13.2 Å². The van der Waals surface area contributed by atoms with Crippen LogP contribution in [-0.2, 0) is 0 Å². The molecule has 0 aliphatic rings. The largest absolute Gasteiger partial charge is 0.401 e. The zero-order valence-electron chi connectivity index (χ0n) is 11.3. The Balaban J connectivity index is 4.17. The minimum atomic E-state index is -4.11. The zero-order chi connectivity index (χ0) is 13.5. The van der Waals surface area contributed by atoms with Gasteiger partial charge in [0.05, 0.1) is 6.54 Å². The Morgan fingerprint density at radius 1 is 1.12 bits per heavy atom. The Hall–Kier alpha value is -0.290. The molecule has 0 spiro atoms. The average Bonchev–Trinajstić information content (AvgIpc) is 2.15. The number of hydrogen-bond acceptors (Lipinski definition) is 2. The molecule has 0 aromatic heterocycles. The van der Waals surface area contributed by atoms with Gasteiger partial charge in [0, 0.05) is 13.1 Å². The van der Waals surface area contributed by atoms with Crippen molar-refractivity contribution in [2.45, 2.75) is 39.8 Å². The van der Waals surface area contributed by atoms with E-state index in [1.807, 2.05) is 13.8 Å². The Morgan fingerprint density at radius 2 is 1.71 bits per heavy atom. The summed E-state index contributed by atoms with van der Waals surface area (Å²) in [4.78, 5) is 1.36. The molecule has 0 aromatic carbocycles. The van der Waals surface area contributed by atoms with Crippen molar-refractivity contribution in [2.75, 3.05) is 33.2 Å². The van der Waals surface area contributed by atoms with Crippen molar-refractivity contribution in [3.05, 3.63) is 0 Å². The SMILES string of the molecule is CCCNCC(C)(CC)CN(C)CC(F)(F)F. The maximum Gasteiger partial charge on any atom is 0.401 e. The lowest BCUT2D eigenvalue weighted by molar-refractivity contribution is -0.145. The van der Waals surface area contributed by atoms with Crippen molar-refractivity contribution in [1.82, 2.24) is 10.2 Å². The van der Waals surface area contributed by atoms with Crippen molar-refractivity contribution < 1.29 is 13.2 Å². The second kappa shape index (κ2) is 7.21. The van der Waals surface area contributed by atoms with Gasteiger partial charge < -0.3 is 5.32 Å². The molecule has 0 saturated carbocycles. The molecule has 1 unspecified atom stereocenters. The van der Waals surface area contributed by atoms with Crippen LogP contribution in [0.3, 0.4) is 0 Å². The monoisotopic (exact) mass is 254 g/mol. The summed E-state index contributed by atoms with van der Waals surface area (Å²) in [6, 6.07) is 0. The molecule has 0 amide bonds. The van der Waals surface area contributed by atoms with Crippen LogP contribution >= 0.6 is 0 Å². The minimum Gasteiger partial charge on any atom is -0.316 e. The molecule has 0 saturated heterocycles. The van der Waals surface area contributed by atoms with Crippen molar-refractivity contribution in [3.8, 4) is 0 Å². The molecule has 0 rings (SSSR count). The summed E-state index contributed by atoms with van der Waals surface area (Å²) in [5.41, 5.74) is -0.102. The van der Waals surface area contributed by atoms with Gasteiger partial charge in [-0.2, -0.15) is 13.2 Å². The summed E-state index contributed by atoms with van der Waals surface area (Å²) in [5, 5.41) is 3.29. The summed E-state index contributed by atoms with van der Waals surface area (Å²) in [6.07, 6.45) is -2.20. The summed E-state index contributed by atoms with van der Waals surface area (Å²) in [7, 11) is 1.53. The number of nitrogens with zero attached hydrogens (tertiary/aromatic N) is 1. The van der Waals surface area contributed by atoms with Crippen molar-refractivity contribution in [2.24, 2.45) is 5.41 Å². The molecule has 0 aliphatic carbocycles. The van der Waals surface area contributed by atoms with Gasteiger partial charge in [0.15, 0.2) is 0 Å². The van der Waals surface area contributed by atoms with E-state index in [1.165, 1.54) is 11.9 Å². The molecule has 2 nitrogen and oxygen atoms in total. The van der Waals surface area contributed by atoms with Crippen LogP contribution < -0.4 is 5.32 Å². The van der Waals surface area contributed by atoms with Crippen LogP contribution in [0, 0.1) is 5.41 Å². The van der Waals surface area contributed by atoms with Crippen LogP contribution in [0.25, 0.3) is 0 Å². The standard InChI is InChI=1S/C12H25F3N2/c1-5-7-16-8-11(3,6-2)9-17(4)10-12(13,14)15/h16H,5-10H2,1-4H3. The normalized spacial score (nSPS) is 16.2. The molecule has 1 N–H and O–H groups in total. The van der Waals surface area contributed by atoms with Crippen LogP contribution in [0.5, 0.6) is 0 Å². The first kappa shape index (κ1) is 16.7. The predicted octanol–water partition coefficient (Wildman–Crippen LogP) is 2.90. The predicted molar refractivity (Wildman–Crippen MR) is 65.1 cm³/mol. The minimum absolute atomic E-state index is 0.102. The molecule has 104 valence electrons. The van der Waals surface area contributed by atoms with Gasteiger partial charge >= 0.3 is 6.18 Å². The fourth-order valence-electron chi connectivity index (χ4n) is 1.87. The van der Waals surface area contributed by atoms with Crippen molar-refractivity contribution in [3.63, 3.8) is 0 Å². The van der Waals surface area contributed by atoms with Gasteiger partial charge in [-0.15, -0.1) is 0 Å². The number of alkyl halides is 3. The lowest BCUT2D eigenvalue weighted by Crippen LogP contribution is -2.43. The number of rotatable bonds is 8. The molecular formula is C12H25F3N2. The molecule has 17 heavy (non-hydrogen) atoms. The maximum absolute atomic E-state index is 12.2. The van der Waals surface area contributed by atoms with Gasteiger partial charge in [-0.05, 0) is 31.8 Å². The third kappa shape index (κ3) is 8.44. The van der Waals surface area contributed by atoms with Gasteiger partial charge in [0.1, 0.15) is 0 Å². The topological polar surface area (TPSA) is 15.3 Å². The molecule has 0 aliphatic heterocycles. The number of nitrogens with one attached hydrogen (secondary N) is 1. The molecule has 0 fully saturated rings. The van der Waals surface area contributed by atoms with E-state index >= 15 is 0 Å². The van der Waals surface area contributed by atoms with Crippen molar-refractivity contribution in [1.29, 1.82) is 0 Å². The lowest BCUT2D eigenvalue weighted by Gasteiger charge is -2.33. The quantitative estimate of drug-likeness (QED) is 0.670. The van der Waals surface area contributed by atoms with Crippen LogP contribution in [-0.4, -0.2) is 44.3 Å². The van der Waals surface area contributed by atoms with Crippen molar-refractivity contribution >= 4 is 0 Å². The first-order chi connectivity index (χ1) is 7.72. The Labute approximate surface area is 103 Å². The van der Waals surface area contributed by atoms with Gasteiger partial charge in [-0.1, -0.05) is 20.8 Å². The highest BCUT2D eigenvalue weighted by atomic mass is 19.4. The Bertz CT molecular complexity index is 206. The first-order valence-corrected chi connectivity index (χ1v) is 6.18. The third-order valence-electron chi connectivity index (χ3n) is 2.93. The highest BCUT2D eigenvalue weighted by Crippen LogP contribution is 2.23. The molecule has 0 bridgehead atoms. The second-order valence-corrected chi connectivity index (χ2v) is 5.13. The van der Waals surface area contributed by atoms with E-state index in [1.54, 1.807) is 0 Å². The number of hydrogen-bond donors (Lipinski definition) is 1. The maximum atomic E-state index is 12.2. The number of halogens is 3. The summed E-state index contributed by atoms with van der Waals surface area (Å²) >= 11 is 0. The van der Waals surface area contributed by atoms with Gasteiger partial charge in [-0.3, -0.25) is 4.90 Å².